The molecular weight excluding hydrogens is 355 g/mol. The highest BCUT2D eigenvalue weighted by atomic mass is 79.9. The number of hydrogen-bond donors (Lipinski definition) is 1. The van der Waals surface area contributed by atoms with Gasteiger partial charge in [-0.15, -0.1) is 0 Å². The zero-order chi connectivity index (χ0) is 15.5. The molecule has 3 rings (SSSR count). The van der Waals surface area contributed by atoms with Crippen molar-refractivity contribution in [2.24, 2.45) is 0 Å². The fraction of sp³-hybridized carbons (Fsp3) is 0.0667. The van der Waals surface area contributed by atoms with Gasteiger partial charge in [0, 0.05) is 10.0 Å². The van der Waals surface area contributed by atoms with Crippen molar-refractivity contribution >= 4 is 15.9 Å². The summed E-state index contributed by atoms with van der Waals surface area (Å²) in [6.07, 6.45) is 0. The maximum atomic E-state index is 13.9. The van der Waals surface area contributed by atoms with Crippen LogP contribution >= 0.6 is 15.9 Å². The molecule has 0 unspecified atom stereocenters. The number of halogens is 2. The second-order valence-corrected chi connectivity index (χ2v) is 5.44. The number of rotatable bonds is 4. The standard InChI is InChI=1S/C15H10BrFN2O3/c16-11-4-5-12(13(17)7-11)15-18-14(19-22-15)10-3-1-2-9(6-10)8-21-20/h1-7,20H,8H2. The van der Waals surface area contributed by atoms with E-state index in [1.54, 1.807) is 36.4 Å². The summed E-state index contributed by atoms with van der Waals surface area (Å²) >= 11 is 3.19. The first-order chi connectivity index (χ1) is 10.7. The highest BCUT2D eigenvalue weighted by molar-refractivity contribution is 9.10. The Morgan fingerprint density at radius 1 is 1.23 bits per heavy atom. The van der Waals surface area contributed by atoms with Crippen LogP contribution in [0.2, 0.25) is 0 Å². The van der Waals surface area contributed by atoms with E-state index >= 15 is 0 Å². The molecular formula is C15H10BrFN2O3. The predicted molar refractivity (Wildman–Crippen MR) is 80.2 cm³/mol. The molecule has 5 nitrogen and oxygen atoms in total. The lowest BCUT2D eigenvalue weighted by Crippen LogP contribution is -1.89. The van der Waals surface area contributed by atoms with Gasteiger partial charge < -0.3 is 4.52 Å². The van der Waals surface area contributed by atoms with Gasteiger partial charge in [0.1, 0.15) is 12.4 Å². The van der Waals surface area contributed by atoms with Gasteiger partial charge in [0.2, 0.25) is 5.82 Å². The molecule has 0 aliphatic rings. The van der Waals surface area contributed by atoms with Crippen LogP contribution in [0.5, 0.6) is 0 Å². The van der Waals surface area contributed by atoms with Crippen LogP contribution in [0.15, 0.2) is 51.5 Å². The summed E-state index contributed by atoms with van der Waals surface area (Å²) in [6.45, 7) is 0.0554. The summed E-state index contributed by atoms with van der Waals surface area (Å²) in [7, 11) is 0. The summed E-state index contributed by atoms with van der Waals surface area (Å²) in [6, 6.07) is 11.7. The number of hydrogen-bond acceptors (Lipinski definition) is 5. The largest absolute Gasteiger partial charge is 0.334 e. The molecule has 0 spiro atoms. The molecule has 2 aromatic carbocycles. The van der Waals surface area contributed by atoms with Crippen molar-refractivity contribution in [3.8, 4) is 22.8 Å². The van der Waals surface area contributed by atoms with Crippen molar-refractivity contribution in [3.63, 3.8) is 0 Å². The zero-order valence-electron chi connectivity index (χ0n) is 11.2. The summed E-state index contributed by atoms with van der Waals surface area (Å²) in [5.41, 5.74) is 1.67. The number of aromatic nitrogens is 2. The van der Waals surface area contributed by atoms with Crippen LogP contribution in [0.25, 0.3) is 22.8 Å². The Morgan fingerprint density at radius 3 is 2.86 bits per heavy atom. The summed E-state index contributed by atoms with van der Waals surface area (Å²) in [5, 5.41) is 12.4. The monoisotopic (exact) mass is 364 g/mol. The first kappa shape index (κ1) is 14.8. The average Bonchev–Trinajstić information content (AvgIpc) is 2.97. The normalized spacial score (nSPS) is 10.9. The first-order valence-corrected chi connectivity index (χ1v) is 7.11. The second kappa shape index (κ2) is 6.35. The Bertz CT molecular complexity index is 807. The fourth-order valence-electron chi connectivity index (χ4n) is 1.99. The summed E-state index contributed by atoms with van der Waals surface area (Å²) in [4.78, 5) is 8.31. The van der Waals surface area contributed by atoms with Gasteiger partial charge in [0.15, 0.2) is 0 Å². The second-order valence-electron chi connectivity index (χ2n) is 4.52. The van der Waals surface area contributed by atoms with Crippen LogP contribution in [-0.2, 0) is 11.5 Å². The van der Waals surface area contributed by atoms with Crippen molar-refractivity contribution in [1.29, 1.82) is 0 Å². The van der Waals surface area contributed by atoms with Crippen molar-refractivity contribution < 1.29 is 19.1 Å². The van der Waals surface area contributed by atoms with E-state index in [4.69, 9.17) is 9.78 Å². The van der Waals surface area contributed by atoms with Crippen molar-refractivity contribution in [2.45, 2.75) is 6.61 Å². The maximum Gasteiger partial charge on any atom is 0.261 e. The highest BCUT2D eigenvalue weighted by Crippen LogP contribution is 2.26. The van der Waals surface area contributed by atoms with Crippen molar-refractivity contribution in [1.82, 2.24) is 10.1 Å². The topological polar surface area (TPSA) is 68.4 Å². The molecule has 22 heavy (non-hydrogen) atoms. The Kier molecular flexibility index (Phi) is 4.28. The minimum Gasteiger partial charge on any atom is -0.334 e. The van der Waals surface area contributed by atoms with E-state index in [1.807, 2.05) is 0 Å². The Hall–Kier alpha value is -2.09. The third-order valence-electron chi connectivity index (χ3n) is 3.00. The van der Waals surface area contributed by atoms with Crippen LogP contribution in [-0.4, -0.2) is 15.4 Å². The third kappa shape index (κ3) is 3.06. The minimum atomic E-state index is -0.452. The van der Waals surface area contributed by atoms with Gasteiger partial charge in [-0.25, -0.2) is 9.28 Å². The van der Waals surface area contributed by atoms with E-state index in [2.05, 4.69) is 31.0 Å². The smallest absolute Gasteiger partial charge is 0.261 e. The van der Waals surface area contributed by atoms with Gasteiger partial charge in [-0.3, -0.25) is 5.26 Å². The third-order valence-corrected chi connectivity index (χ3v) is 3.50. The van der Waals surface area contributed by atoms with E-state index in [0.717, 1.165) is 5.56 Å². The first-order valence-electron chi connectivity index (χ1n) is 6.32. The van der Waals surface area contributed by atoms with Crippen LogP contribution in [0.1, 0.15) is 5.56 Å². The Balaban J connectivity index is 1.95. The van der Waals surface area contributed by atoms with E-state index < -0.39 is 5.82 Å². The lowest BCUT2D eigenvalue weighted by molar-refractivity contribution is -0.253. The predicted octanol–water partition coefficient (Wildman–Crippen LogP) is 4.29. The highest BCUT2D eigenvalue weighted by Gasteiger charge is 2.14. The molecule has 7 heteroatoms. The van der Waals surface area contributed by atoms with Crippen LogP contribution < -0.4 is 0 Å². The molecule has 1 heterocycles. The molecule has 0 aliphatic heterocycles. The average molecular weight is 365 g/mol. The minimum absolute atomic E-state index is 0.0554. The van der Waals surface area contributed by atoms with Gasteiger partial charge in [-0.2, -0.15) is 4.98 Å². The molecule has 0 amide bonds. The fourth-order valence-corrected chi connectivity index (χ4v) is 2.32. The van der Waals surface area contributed by atoms with Gasteiger partial charge >= 0.3 is 0 Å². The van der Waals surface area contributed by atoms with E-state index in [1.165, 1.54) is 6.07 Å². The molecule has 0 atom stereocenters. The zero-order valence-corrected chi connectivity index (χ0v) is 12.7. The van der Waals surface area contributed by atoms with Crippen molar-refractivity contribution in [2.75, 3.05) is 0 Å². The Morgan fingerprint density at radius 2 is 2.09 bits per heavy atom. The van der Waals surface area contributed by atoms with Gasteiger partial charge in [-0.05, 0) is 29.8 Å². The lowest BCUT2D eigenvalue weighted by Gasteiger charge is -1.99. The molecule has 0 saturated carbocycles. The molecule has 0 aliphatic carbocycles. The quantitative estimate of drug-likeness (QED) is 0.552. The number of nitrogens with zero attached hydrogens (tertiary/aromatic N) is 2. The van der Waals surface area contributed by atoms with E-state index in [9.17, 15) is 4.39 Å². The van der Waals surface area contributed by atoms with Crippen LogP contribution in [0.3, 0.4) is 0 Å². The van der Waals surface area contributed by atoms with Crippen LogP contribution in [0, 0.1) is 5.82 Å². The summed E-state index contributed by atoms with van der Waals surface area (Å²) < 4.78 is 19.7. The molecule has 0 fully saturated rings. The van der Waals surface area contributed by atoms with Crippen molar-refractivity contribution in [3.05, 3.63) is 58.3 Å². The van der Waals surface area contributed by atoms with Gasteiger partial charge in [0.05, 0.1) is 5.56 Å². The molecule has 1 aromatic heterocycles. The Labute approximate surface area is 133 Å². The number of benzene rings is 2. The van der Waals surface area contributed by atoms with Gasteiger partial charge in [-0.1, -0.05) is 39.3 Å². The summed E-state index contributed by atoms with van der Waals surface area (Å²) in [5.74, 6) is -0.0204. The molecule has 0 bridgehead atoms. The molecule has 0 saturated heterocycles. The van der Waals surface area contributed by atoms with Gasteiger partial charge in [0.25, 0.3) is 5.89 Å². The van der Waals surface area contributed by atoms with Crippen LogP contribution in [0.4, 0.5) is 4.39 Å². The lowest BCUT2D eigenvalue weighted by atomic mass is 10.1. The maximum absolute atomic E-state index is 13.9. The van der Waals surface area contributed by atoms with E-state index in [-0.39, 0.29) is 18.1 Å². The molecule has 0 radical (unpaired) electrons. The molecule has 3 aromatic rings. The molecule has 1 N–H and O–H groups in total. The molecule has 112 valence electrons. The van der Waals surface area contributed by atoms with E-state index in [0.29, 0.717) is 15.9 Å². The SMILES string of the molecule is OOCc1cccc(-c2noc(-c3ccc(Br)cc3F)n2)c1.